The molecule has 4 aromatic carbocycles. The highest BCUT2D eigenvalue weighted by Crippen LogP contribution is 2.32. The first kappa shape index (κ1) is 38.7. The van der Waals surface area contributed by atoms with E-state index in [1.54, 1.807) is 60.7 Å². The van der Waals surface area contributed by atoms with Crippen molar-refractivity contribution in [2.75, 3.05) is 19.7 Å². The summed E-state index contributed by atoms with van der Waals surface area (Å²) >= 11 is 6.36. The highest BCUT2D eigenvalue weighted by atomic mass is 35.5. The quantitative estimate of drug-likeness (QED) is 0.0772. The van der Waals surface area contributed by atoms with Crippen molar-refractivity contribution >= 4 is 23.5 Å². The first-order chi connectivity index (χ1) is 27.5. The molecule has 6 aromatic rings. The first-order valence-corrected chi connectivity index (χ1v) is 18.5. The molecule has 0 bridgehead atoms. The Morgan fingerprint density at radius 2 is 1.33 bits per heavy atom. The van der Waals surface area contributed by atoms with Gasteiger partial charge in [-0.05, 0) is 106 Å². The summed E-state index contributed by atoms with van der Waals surface area (Å²) in [6.07, 6.45) is -0.0778. The van der Waals surface area contributed by atoms with Crippen molar-refractivity contribution in [3.8, 4) is 69.0 Å². The minimum absolute atomic E-state index is 0.0142. The van der Waals surface area contributed by atoms with Gasteiger partial charge in [0, 0.05) is 41.9 Å². The molecule has 57 heavy (non-hydrogen) atoms. The predicted molar refractivity (Wildman–Crippen MR) is 207 cm³/mol. The third-order valence-corrected chi connectivity index (χ3v) is 8.99. The summed E-state index contributed by atoms with van der Waals surface area (Å²) in [4.78, 5) is 36.1. The third-order valence-electron chi connectivity index (χ3n) is 8.70. The van der Waals surface area contributed by atoms with E-state index in [9.17, 15) is 14.9 Å². The van der Waals surface area contributed by atoms with Crippen molar-refractivity contribution in [1.82, 2.24) is 25.2 Å². The number of halogens is 1. The van der Waals surface area contributed by atoms with E-state index in [0.29, 0.717) is 81.7 Å². The molecule has 1 fully saturated rings. The molecular formula is C42H37ClN6O8. The van der Waals surface area contributed by atoms with Gasteiger partial charge in [0.2, 0.25) is 11.6 Å². The molecule has 0 N–H and O–H groups in total. The Bertz CT molecular complexity index is 2410. The maximum atomic E-state index is 12.6. The molecule has 0 atom stereocenters. The Balaban J connectivity index is 0.837. The normalized spacial score (nSPS) is 12.9. The number of nitrogens with zero attached hydrogens (tertiary/aromatic N) is 6. The number of nitriles is 1. The largest absolute Gasteiger partial charge is 0.490 e. The van der Waals surface area contributed by atoms with Gasteiger partial charge in [-0.2, -0.15) is 15.2 Å². The number of benzene rings is 4. The van der Waals surface area contributed by atoms with E-state index in [1.807, 2.05) is 52.0 Å². The lowest BCUT2D eigenvalue weighted by Gasteiger charge is -2.37. The molecule has 7 rings (SSSR count). The van der Waals surface area contributed by atoms with Crippen LogP contribution in [0.15, 0.2) is 94.0 Å². The summed E-state index contributed by atoms with van der Waals surface area (Å²) in [5.41, 5.74) is 4.10. The number of hydrogen-bond acceptors (Lipinski definition) is 14. The smallest absolute Gasteiger partial charge is 0.351 e. The molecule has 0 saturated carbocycles. The van der Waals surface area contributed by atoms with Crippen molar-refractivity contribution in [2.45, 2.75) is 46.4 Å². The average molecular weight is 789 g/mol. The number of esters is 2. The van der Waals surface area contributed by atoms with Gasteiger partial charge >= 0.3 is 11.9 Å². The average Bonchev–Trinajstić information content (AvgIpc) is 3.88. The van der Waals surface area contributed by atoms with Crippen molar-refractivity contribution in [3.63, 3.8) is 0 Å². The molecule has 0 aliphatic carbocycles. The minimum Gasteiger partial charge on any atom is -0.490 e. The summed E-state index contributed by atoms with van der Waals surface area (Å²) < 4.78 is 32.9. The van der Waals surface area contributed by atoms with Crippen LogP contribution in [0.3, 0.4) is 0 Å². The fourth-order valence-electron chi connectivity index (χ4n) is 5.94. The van der Waals surface area contributed by atoms with Crippen LogP contribution in [0.2, 0.25) is 5.02 Å². The molecule has 0 spiro atoms. The van der Waals surface area contributed by atoms with Crippen LogP contribution < -0.4 is 14.2 Å². The molecular weight excluding hydrogens is 752 g/mol. The van der Waals surface area contributed by atoms with Crippen molar-refractivity contribution in [3.05, 3.63) is 101 Å². The minimum atomic E-state index is -0.782. The lowest BCUT2D eigenvalue weighted by Crippen LogP contribution is -2.50. The summed E-state index contributed by atoms with van der Waals surface area (Å²) in [5.74, 6) is 1.04. The molecule has 1 aliphatic rings. The molecule has 3 heterocycles. The number of aromatic nitrogens is 4. The zero-order valence-electron chi connectivity index (χ0n) is 31.5. The number of likely N-dealkylation sites (tertiary alicyclic amines) is 1. The maximum absolute atomic E-state index is 12.6. The van der Waals surface area contributed by atoms with Crippen LogP contribution in [0.1, 0.15) is 38.8 Å². The van der Waals surface area contributed by atoms with Crippen LogP contribution in [0, 0.1) is 17.2 Å². The number of carbonyl (C=O) groups is 2. The molecule has 14 nitrogen and oxygen atoms in total. The molecule has 290 valence electrons. The first-order valence-electron chi connectivity index (χ1n) is 18.2. The Labute approximate surface area is 332 Å². The molecule has 0 radical (unpaired) electrons. The molecule has 2 aromatic heterocycles. The molecule has 0 amide bonds. The van der Waals surface area contributed by atoms with Gasteiger partial charge in [0.25, 0.3) is 11.8 Å². The topological polar surface area (TPSA) is 176 Å². The zero-order valence-corrected chi connectivity index (χ0v) is 32.2. The lowest BCUT2D eigenvalue weighted by atomic mass is 9.99. The van der Waals surface area contributed by atoms with E-state index in [2.05, 4.69) is 31.3 Å². The number of ether oxygens (including phenoxy) is 4. The number of carbonyl (C=O) groups excluding carboxylic acids is 2. The molecule has 1 saturated heterocycles. The zero-order chi connectivity index (χ0) is 40.1. The maximum Gasteiger partial charge on any atom is 0.351 e. The monoisotopic (exact) mass is 788 g/mol. The van der Waals surface area contributed by atoms with Gasteiger partial charge in [0.15, 0.2) is 6.61 Å². The van der Waals surface area contributed by atoms with E-state index in [0.717, 1.165) is 11.1 Å². The van der Waals surface area contributed by atoms with Crippen LogP contribution in [0.5, 0.6) is 17.2 Å². The Hall–Kier alpha value is -6.56. The second-order valence-corrected chi connectivity index (χ2v) is 14.2. The Morgan fingerprint density at radius 3 is 1.91 bits per heavy atom. The summed E-state index contributed by atoms with van der Waals surface area (Å²) in [7, 11) is 0. The summed E-state index contributed by atoms with van der Waals surface area (Å²) in [6, 6.07) is 27.0. The SMILES string of the molecule is CC(C)Oc1ccc(-c2noc(-c3ccc(OCC(=O)OC(=O)C4CN(Cc5ccc(-c6nc(-c7ccc(OC(C)C)c(C#N)c7)no6)cc5)C4)cc3)n2)cc1Cl. The number of hydrogen-bond donors (Lipinski definition) is 0. The van der Waals surface area contributed by atoms with Gasteiger partial charge in [-0.3, -0.25) is 9.69 Å². The lowest BCUT2D eigenvalue weighted by molar-refractivity contribution is -0.167. The Kier molecular flexibility index (Phi) is 11.6. The van der Waals surface area contributed by atoms with Gasteiger partial charge in [0.05, 0.1) is 28.7 Å². The van der Waals surface area contributed by atoms with E-state index < -0.39 is 24.5 Å². The van der Waals surface area contributed by atoms with E-state index in [4.69, 9.17) is 39.6 Å². The second-order valence-electron chi connectivity index (χ2n) is 13.8. The van der Waals surface area contributed by atoms with Crippen molar-refractivity contribution < 1.29 is 37.6 Å². The van der Waals surface area contributed by atoms with Crippen LogP contribution in [-0.2, 0) is 20.9 Å². The highest BCUT2D eigenvalue weighted by Gasteiger charge is 2.35. The molecule has 15 heteroatoms. The predicted octanol–water partition coefficient (Wildman–Crippen LogP) is 7.80. The second kappa shape index (κ2) is 17.1. The number of rotatable bonds is 14. The van der Waals surface area contributed by atoms with Gasteiger partial charge in [0.1, 0.15) is 23.3 Å². The fourth-order valence-corrected chi connectivity index (χ4v) is 6.16. The van der Waals surface area contributed by atoms with Crippen LogP contribution in [0.4, 0.5) is 0 Å². The van der Waals surface area contributed by atoms with Gasteiger partial charge in [-0.1, -0.05) is 34.0 Å². The highest BCUT2D eigenvalue weighted by molar-refractivity contribution is 6.32. The van der Waals surface area contributed by atoms with Gasteiger partial charge in [-0.15, -0.1) is 0 Å². The summed E-state index contributed by atoms with van der Waals surface area (Å²) in [5, 5.41) is 18.1. The van der Waals surface area contributed by atoms with Crippen LogP contribution in [-0.4, -0.2) is 69.0 Å². The third kappa shape index (κ3) is 9.46. The standard InChI is InChI=1S/C42H37ClN6O8/c1-24(2)53-35-15-11-29(17-31(35)19-44)38-45-40(56-47-38)27-7-5-26(6-8-27)20-49-21-32(22-49)42(51)55-37(50)23-52-33-13-9-28(10-14-33)41-46-39(48-57-41)30-12-16-36(34(43)18-30)54-25(3)4/h5-18,24-25,32H,20-23H2,1-4H3. The van der Waals surface area contributed by atoms with E-state index >= 15 is 0 Å². The summed E-state index contributed by atoms with van der Waals surface area (Å²) in [6.45, 7) is 8.71. The van der Waals surface area contributed by atoms with Crippen LogP contribution in [0.25, 0.3) is 45.7 Å². The van der Waals surface area contributed by atoms with Crippen molar-refractivity contribution in [2.24, 2.45) is 5.92 Å². The molecule has 1 aliphatic heterocycles. The van der Waals surface area contributed by atoms with E-state index in [-0.39, 0.29) is 18.1 Å². The van der Waals surface area contributed by atoms with Gasteiger partial charge < -0.3 is 28.0 Å². The molecule has 0 unspecified atom stereocenters. The van der Waals surface area contributed by atoms with Gasteiger partial charge in [-0.25, -0.2) is 4.79 Å². The Morgan fingerprint density at radius 1 is 0.789 bits per heavy atom. The van der Waals surface area contributed by atoms with Crippen LogP contribution >= 0.6 is 11.6 Å². The van der Waals surface area contributed by atoms with E-state index in [1.165, 1.54) is 0 Å². The van der Waals surface area contributed by atoms with Crippen molar-refractivity contribution in [1.29, 1.82) is 5.26 Å². The fraction of sp³-hybridized carbons (Fsp3) is 0.262.